The Kier molecular flexibility index (Phi) is 8.92. The maximum Gasteiger partial charge on any atom is 0.262 e. The highest BCUT2D eigenvalue weighted by Crippen LogP contribution is 2.33. The lowest BCUT2D eigenvalue weighted by molar-refractivity contribution is -0.117. The Morgan fingerprint density at radius 1 is 1.15 bits per heavy atom. The summed E-state index contributed by atoms with van der Waals surface area (Å²) in [6.45, 7) is 2.81. The normalized spacial score (nSPS) is 10.9. The number of hydrogen-bond donors (Lipinski definition) is 1. The van der Waals surface area contributed by atoms with E-state index >= 15 is 0 Å². The van der Waals surface area contributed by atoms with Crippen molar-refractivity contribution >= 4 is 50.5 Å². The number of hydrogen-bond acceptors (Lipinski definition) is 4. The molecule has 0 aliphatic heterocycles. The third-order valence-corrected chi connectivity index (χ3v) is 6.16. The van der Waals surface area contributed by atoms with Crippen molar-refractivity contribution < 1.29 is 14.3 Å². The standard InChI is InChI=1S/C26H22BrIN2O3/c1-17-4-3-5-19(10-17)16-33-25-23(27)12-20(13-24(25)28)11-21(14-29)26(31)30-15-18-6-8-22(32-2)9-7-18/h3-13H,15-16H2,1-2H3,(H,30,31)/b21-11-. The smallest absolute Gasteiger partial charge is 0.262 e. The van der Waals surface area contributed by atoms with Crippen molar-refractivity contribution in [3.05, 3.63) is 96.5 Å². The van der Waals surface area contributed by atoms with Crippen LogP contribution in [0.15, 0.2) is 70.7 Å². The fourth-order valence-corrected chi connectivity index (χ4v) is 4.86. The van der Waals surface area contributed by atoms with Crippen LogP contribution in [0.25, 0.3) is 6.08 Å². The number of ether oxygens (including phenoxy) is 2. The second kappa shape index (κ2) is 11.9. The van der Waals surface area contributed by atoms with Crippen LogP contribution < -0.4 is 14.8 Å². The molecule has 7 heteroatoms. The lowest BCUT2D eigenvalue weighted by atomic mass is 10.1. The van der Waals surface area contributed by atoms with Crippen molar-refractivity contribution in [2.24, 2.45) is 0 Å². The van der Waals surface area contributed by atoms with E-state index in [1.54, 1.807) is 13.2 Å². The van der Waals surface area contributed by atoms with E-state index in [1.165, 1.54) is 5.56 Å². The molecule has 0 spiro atoms. The average molecular weight is 617 g/mol. The Morgan fingerprint density at radius 3 is 2.55 bits per heavy atom. The van der Waals surface area contributed by atoms with Gasteiger partial charge in [-0.25, -0.2) is 0 Å². The number of nitrogens with one attached hydrogen (secondary N) is 1. The zero-order chi connectivity index (χ0) is 23.8. The number of benzene rings is 3. The first kappa shape index (κ1) is 24.8. The van der Waals surface area contributed by atoms with Gasteiger partial charge < -0.3 is 14.8 Å². The van der Waals surface area contributed by atoms with Crippen molar-refractivity contribution in [2.75, 3.05) is 7.11 Å². The highest BCUT2D eigenvalue weighted by Gasteiger charge is 2.12. The predicted molar refractivity (Wildman–Crippen MR) is 141 cm³/mol. The summed E-state index contributed by atoms with van der Waals surface area (Å²) >= 11 is 5.74. The van der Waals surface area contributed by atoms with Gasteiger partial charge >= 0.3 is 0 Å². The van der Waals surface area contributed by atoms with Crippen LogP contribution in [-0.2, 0) is 17.9 Å². The molecule has 1 N–H and O–H groups in total. The number of nitriles is 1. The van der Waals surface area contributed by atoms with Gasteiger partial charge in [0, 0.05) is 6.54 Å². The molecule has 168 valence electrons. The molecular formula is C26H22BrIN2O3. The molecule has 3 aromatic rings. The monoisotopic (exact) mass is 616 g/mol. The molecule has 0 aliphatic rings. The minimum atomic E-state index is -0.431. The molecule has 3 rings (SSSR count). The summed E-state index contributed by atoms with van der Waals surface area (Å²) in [6, 6.07) is 21.2. The minimum absolute atomic E-state index is 0.0274. The van der Waals surface area contributed by atoms with E-state index in [2.05, 4.69) is 49.9 Å². The molecule has 33 heavy (non-hydrogen) atoms. The van der Waals surface area contributed by atoms with E-state index in [4.69, 9.17) is 9.47 Å². The third-order valence-electron chi connectivity index (χ3n) is 4.77. The Morgan fingerprint density at radius 2 is 1.91 bits per heavy atom. The van der Waals surface area contributed by atoms with Gasteiger partial charge in [-0.2, -0.15) is 5.26 Å². The van der Waals surface area contributed by atoms with Gasteiger partial charge in [-0.3, -0.25) is 4.79 Å². The molecule has 0 radical (unpaired) electrons. The Bertz CT molecular complexity index is 1190. The molecule has 0 saturated carbocycles. The summed E-state index contributed by atoms with van der Waals surface area (Å²) in [5.74, 6) is 1.03. The quantitative estimate of drug-likeness (QED) is 0.187. The molecule has 5 nitrogen and oxygen atoms in total. The first-order valence-electron chi connectivity index (χ1n) is 10.1. The van der Waals surface area contributed by atoms with E-state index in [0.29, 0.717) is 13.2 Å². The number of carbonyl (C=O) groups excluding carboxylic acids is 1. The first-order valence-corrected chi connectivity index (χ1v) is 12.0. The largest absolute Gasteiger partial charge is 0.497 e. The molecule has 0 saturated heterocycles. The van der Waals surface area contributed by atoms with Crippen molar-refractivity contribution in [1.29, 1.82) is 5.26 Å². The Labute approximate surface area is 215 Å². The van der Waals surface area contributed by atoms with Crippen molar-refractivity contribution in [1.82, 2.24) is 5.32 Å². The zero-order valence-corrected chi connectivity index (χ0v) is 21.9. The molecular weight excluding hydrogens is 595 g/mol. The van der Waals surface area contributed by atoms with E-state index < -0.39 is 5.91 Å². The van der Waals surface area contributed by atoms with Crippen LogP contribution in [0, 0.1) is 21.8 Å². The lowest BCUT2D eigenvalue weighted by Crippen LogP contribution is -2.23. The maximum absolute atomic E-state index is 12.5. The van der Waals surface area contributed by atoms with E-state index in [9.17, 15) is 10.1 Å². The molecule has 1 amide bonds. The van der Waals surface area contributed by atoms with Gasteiger partial charge in [0.2, 0.25) is 0 Å². The summed E-state index contributed by atoms with van der Waals surface area (Å²) in [5.41, 5.74) is 3.93. The van der Waals surface area contributed by atoms with Crippen LogP contribution in [0.3, 0.4) is 0 Å². The number of halogens is 2. The van der Waals surface area contributed by atoms with Gasteiger partial charge in [-0.15, -0.1) is 0 Å². The topological polar surface area (TPSA) is 71.3 Å². The maximum atomic E-state index is 12.5. The summed E-state index contributed by atoms with van der Waals surface area (Å²) in [5, 5.41) is 12.3. The molecule has 0 atom stereocenters. The number of amides is 1. The number of aryl methyl sites for hydroxylation is 1. The Hall–Kier alpha value is -2.83. The van der Waals surface area contributed by atoms with E-state index in [1.807, 2.05) is 67.6 Å². The predicted octanol–water partition coefficient (Wildman–Crippen LogP) is 6.17. The van der Waals surface area contributed by atoms with Crippen LogP contribution in [0.2, 0.25) is 0 Å². The van der Waals surface area contributed by atoms with E-state index in [0.717, 1.165) is 36.2 Å². The molecule has 3 aromatic carbocycles. The number of nitrogens with zero attached hydrogens (tertiary/aromatic N) is 1. The Balaban J connectivity index is 1.69. The van der Waals surface area contributed by atoms with Gasteiger partial charge in [0.25, 0.3) is 5.91 Å². The molecule has 0 unspecified atom stereocenters. The second-order valence-electron chi connectivity index (χ2n) is 7.29. The fraction of sp³-hybridized carbons (Fsp3) is 0.154. The molecule has 0 bridgehead atoms. The molecule has 0 heterocycles. The van der Waals surface area contributed by atoms with Crippen LogP contribution in [-0.4, -0.2) is 13.0 Å². The van der Waals surface area contributed by atoms with Crippen LogP contribution in [0.1, 0.15) is 22.3 Å². The summed E-state index contributed by atoms with van der Waals surface area (Å²) < 4.78 is 12.8. The number of rotatable bonds is 8. The van der Waals surface area contributed by atoms with E-state index in [-0.39, 0.29) is 5.57 Å². The average Bonchev–Trinajstić information content (AvgIpc) is 2.81. The first-order chi connectivity index (χ1) is 15.9. The second-order valence-corrected chi connectivity index (χ2v) is 9.31. The highest BCUT2D eigenvalue weighted by atomic mass is 127. The van der Waals surface area contributed by atoms with Crippen molar-refractivity contribution in [3.8, 4) is 17.6 Å². The van der Waals surface area contributed by atoms with Crippen LogP contribution >= 0.6 is 38.5 Å². The fourth-order valence-electron chi connectivity index (χ4n) is 3.09. The van der Waals surface area contributed by atoms with Crippen LogP contribution in [0.4, 0.5) is 0 Å². The van der Waals surface area contributed by atoms with Crippen molar-refractivity contribution in [2.45, 2.75) is 20.1 Å². The zero-order valence-electron chi connectivity index (χ0n) is 18.2. The SMILES string of the molecule is COc1ccc(CNC(=O)/C(C#N)=C\c2cc(Br)c(OCc3cccc(C)c3)c(I)c2)cc1. The summed E-state index contributed by atoms with van der Waals surface area (Å²) in [4.78, 5) is 12.5. The third kappa shape index (κ3) is 7.07. The number of carbonyl (C=O) groups is 1. The van der Waals surface area contributed by atoms with Gasteiger partial charge in [0.15, 0.2) is 0 Å². The summed E-state index contributed by atoms with van der Waals surface area (Å²) in [6.07, 6.45) is 1.57. The van der Waals surface area contributed by atoms with Gasteiger partial charge in [-0.05, 0) is 92.5 Å². The van der Waals surface area contributed by atoms with Gasteiger partial charge in [0.1, 0.15) is 29.7 Å². The van der Waals surface area contributed by atoms with Crippen molar-refractivity contribution in [3.63, 3.8) is 0 Å². The molecule has 0 fully saturated rings. The highest BCUT2D eigenvalue weighted by molar-refractivity contribution is 14.1. The number of methoxy groups -OCH3 is 1. The van der Waals surface area contributed by atoms with Gasteiger partial charge in [0.05, 0.1) is 15.2 Å². The molecule has 0 aliphatic carbocycles. The van der Waals surface area contributed by atoms with Gasteiger partial charge in [-0.1, -0.05) is 42.0 Å². The minimum Gasteiger partial charge on any atom is -0.497 e. The summed E-state index contributed by atoms with van der Waals surface area (Å²) in [7, 11) is 1.60. The molecule has 0 aromatic heterocycles. The van der Waals surface area contributed by atoms with Crippen LogP contribution in [0.5, 0.6) is 11.5 Å². The lowest BCUT2D eigenvalue weighted by Gasteiger charge is -2.12.